The van der Waals surface area contributed by atoms with E-state index in [-0.39, 0.29) is 0 Å². The van der Waals surface area contributed by atoms with Gasteiger partial charge >= 0.3 is 11.9 Å². The number of carbonyl (C=O) groups excluding carboxylic acids is 2. The minimum atomic E-state index is -0.516. The van der Waals surface area contributed by atoms with Gasteiger partial charge in [0.05, 0.1) is 0 Å². The van der Waals surface area contributed by atoms with E-state index in [0.29, 0.717) is 52.0 Å². The molecule has 1 aliphatic rings. The van der Waals surface area contributed by atoms with E-state index in [1.54, 1.807) is 13.8 Å². The third-order valence-corrected chi connectivity index (χ3v) is 4.77. The number of carbonyl (C=O) groups is 2. The molecule has 0 saturated carbocycles. The highest BCUT2D eigenvalue weighted by atomic mass is 16.5. The maximum Gasteiger partial charge on any atom is 0.338 e. The summed E-state index contributed by atoms with van der Waals surface area (Å²) >= 11 is 0. The van der Waals surface area contributed by atoms with Crippen molar-refractivity contribution < 1.29 is 23.8 Å². The van der Waals surface area contributed by atoms with Crippen LogP contribution in [0.15, 0.2) is 60.7 Å². The molecule has 1 unspecified atom stereocenters. The molecule has 0 bridgehead atoms. The van der Waals surface area contributed by atoms with Gasteiger partial charge in [-0.3, -0.25) is 0 Å². The van der Waals surface area contributed by atoms with E-state index < -0.39 is 18.0 Å². The number of ether oxygens (including phenoxy) is 3. The van der Waals surface area contributed by atoms with E-state index in [2.05, 4.69) is 13.2 Å². The lowest BCUT2D eigenvalue weighted by Gasteiger charge is -2.27. The van der Waals surface area contributed by atoms with Crippen LogP contribution in [0.2, 0.25) is 0 Å². The third-order valence-electron chi connectivity index (χ3n) is 4.77. The van der Waals surface area contributed by atoms with Gasteiger partial charge in [0.2, 0.25) is 0 Å². The second-order valence-corrected chi connectivity index (χ2v) is 7.36. The zero-order chi connectivity index (χ0) is 21.8. The molecular weight excluding hydrogens is 380 g/mol. The summed E-state index contributed by atoms with van der Waals surface area (Å²) in [5.74, 6) is -0.167. The first-order valence-corrected chi connectivity index (χ1v) is 9.96. The van der Waals surface area contributed by atoms with Gasteiger partial charge in [-0.2, -0.15) is 0 Å². The van der Waals surface area contributed by atoms with Gasteiger partial charge in [0.25, 0.3) is 0 Å². The molecule has 156 valence electrons. The second kappa shape index (κ2) is 9.09. The molecule has 0 aromatic heterocycles. The third kappa shape index (κ3) is 4.21. The van der Waals surface area contributed by atoms with Gasteiger partial charge in [0.1, 0.15) is 17.6 Å². The Kier molecular flexibility index (Phi) is 6.53. The van der Waals surface area contributed by atoms with Gasteiger partial charge in [-0.25, -0.2) is 9.59 Å². The molecule has 0 saturated heterocycles. The normalized spacial score (nSPS) is 14.8. The van der Waals surface area contributed by atoms with Crippen molar-refractivity contribution in [2.75, 3.05) is 6.61 Å². The minimum absolute atomic E-state index is 0.294. The van der Waals surface area contributed by atoms with Crippen LogP contribution < -0.4 is 9.47 Å². The average Bonchev–Trinajstić information content (AvgIpc) is 2.73. The van der Waals surface area contributed by atoms with Crippen molar-refractivity contribution in [1.29, 1.82) is 0 Å². The summed E-state index contributed by atoms with van der Waals surface area (Å²) in [6.07, 6.45) is 4.84. The molecule has 0 amide bonds. The number of fused-ring (bicyclic) bond motifs is 2. The van der Waals surface area contributed by atoms with Crippen LogP contribution in [0.3, 0.4) is 0 Å². The summed E-state index contributed by atoms with van der Waals surface area (Å²) in [4.78, 5) is 24.8. The second-order valence-electron chi connectivity index (χ2n) is 7.36. The van der Waals surface area contributed by atoms with Gasteiger partial charge < -0.3 is 14.2 Å². The Morgan fingerprint density at radius 3 is 2.13 bits per heavy atom. The van der Waals surface area contributed by atoms with Crippen molar-refractivity contribution in [3.63, 3.8) is 0 Å². The lowest BCUT2D eigenvalue weighted by atomic mass is 9.89. The largest absolute Gasteiger partial charge is 0.422 e. The maximum absolute atomic E-state index is 12.4. The molecule has 5 nitrogen and oxygen atoms in total. The monoisotopic (exact) mass is 406 g/mol. The molecule has 30 heavy (non-hydrogen) atoms. The van der Waals surface area contributed by atoms with E-state index in [0.717, 1.165) is 12.0 Å². The summed E-state index contributed by atoms with van der Waals surface area (Å²) in [5.41, 5.74) is 2.05. The minimum Gasteiger partial charge on any atom is -0.422 e. The van der Waals surface area contributed by atoms with E-state index in [4.69, 9.17) is 14.2 Å². The summed E-state index contributed by atoms with van der Waals surface area (Å²) in [7, 11) is 0. The molecule has 0 N–H and O–H groups in total. The van der Waals surface area contributed by atoms with Crippen LogP contribution in [-0.2, 0) is 20.7 Å². The molecule has 1 aliphatic carbocycles. The first-order valence-electron chi connectivity index (χ1n) is 9.96. The molecule has 1 atom stereocenters. The number of hydrogen-bond acceptors (Lipinski definition) is 5. The topological polar surface area (TPSA) is 61.8 Å². The fraction of sp³-hybridized carbons (Fsp3) is 0.280. The van der Waals surface area contributed by atoms with Gasteiger partial charge in [0, 0.05) is 39.7 Å². The molecular formula is C25H26O5. The maximum atomic E-state index is 12.4. The van der Waals surface area contributed by atoms with Crippen molar-refractivity contribution in [3.05, 3.63) is 71.8 Å². The number of allylic oxidation sites excluding steroid dienone is 1. The predicted octanol–water partition coefficient (Wildman–Crippen LogP) is 5.38. The van der Waals surface area contributed by atoms with Gasteiger partial charge in [0.15, 0.2) is 0 Å². The Bertz CT molecular complexity index is 1060. The van der Waals surface area contributed by atoms with Crippen LogP contribution in [0.1, 0.15) is 44.4 Å². The summed E-state index contributed by atoms with van der Waals surface area (Å²) in [5, 5.41) is 1.34. The fourth-order valence-corrected chi connectivity index (χ4v) is 3.33. The molecule has 3 rings (SSSR count). The predicted molar refractivity (Wildman–Crippen MR) is 117 cm³/mol. The van der Waals surface area contributed by atoms with Crippen molar-refractivity contribution in [2.45, 2.75) is 39.7 Å². The highest BCUT2D eigenvalue weighted by Crippen LogP contribution is 2.47. The molecule has 5 heteroatoms. The average molecular weight is 406 g/mol. The Hall–Kier alpha value is -3.18. The Balaban J connectivity index is 2.30. The van der Waals surface area contributed by atoms with E-state index in [1.165, 1.54) is 0 Å². The Morgan fingerprint density at radius 2 is 1.57 bits per heavy atom. The zero-order valence-electron chi connectivity index (χ0n) is 17.6. The first-order chi connectivity index (χ1) is 14.3. The highest BCUT2D eigenvalue weighted by molar-refractivity contribution is 6.01. The number of rotatable bonds is 7. The number of esters is 2. The van der Waals surface area contributed by atoms with Crippen molar-refractivity contribution in [3.8, 4) is 11.5 Å². The number of hydrogen-bond donors (Lipinski definition) is 0. The van der Waals surface area contributed by atoms with E-state index in [9.17, 15) is 9.59 Å². The Labute approximate surface area is 176 Å². The summed E-state index contributed by atoms with van der Waals surface area (Å²) < 4.78 is 17.6. The van der Waals surface area contributed by atoms with Gasteiger partial charge in [-0.1, -0.05) is 56.5 Å². The van der Waals surface area contributed by atoms with Crippen molar-refractivity contribution in [1.82, 2.24) is 0 Å². The van der Waals surface area contributed by atoms with Crippen LogP contribution >= 0.6 is 0 Å². The van der Waals surface area contributed by atoms with Crippen LogP contribution in [0.5, 0.6) is 11.5 Å². The molecule has 0 heterocycles. The molecule has 0 spiro atoms. The molecule has 0 aliphatic heterocycles. The SMILES string of the molecule is C=C(C)C(=O)Oc1c2c(c(OC(=O)C(=C)C)c3ccccc13)C(OCCC)C=CC2. The van der Waals surface area contributed by atoms with Crippen LogP contribution in [0, 0.1) is 0 Å². The molecule has 0 radical (unpaired) electrons. The van der Waals surface area contributed by atoms with Crippen molar-refractivity contribution in [2.24, 2.45) is 0 Å². The zero-order valence-corrected chi connectivity index (χ0v) is 17.6. The molecule has 2 aromatic carbocycles. The highest BCUT2D eigenvalue weighted by Gasteiger charge is 2.30. The standard InChI is InChI=1S/C25H26O5/c1-6-14-28-20-13-9-12-19-21(20)23(30-25(27)16(4)5)18-11-8-7-10-17(18)22(19)29-24(26)15(2)3/h7-11,13,20H,2,4,6,12,14H2,1,3,5H3. The lowest BCUT2D eigenvalue weighted by molar-refractivity contribution is -0.131. The summed E-state index contributed by atoms with van der Waals surface area (Å²) in [6.45, 7) is 13.1. The number of benzene rings is 2. The van der Waals surface area contributed by atoms with Gasteiger partial charge in [-0.15, -0.1) is 0 Å². The summed E-state index contributed by atoms with van der Waals surface area (Å²) in [6, 6.07) is 7.37. The first kappa shape index (κ1) is 21.5. The quantitative estimate of drug-likeness (QED) is 0.267. The fourth-order valence-electron chi connectivity index (χ4n) is 3.33. The molecule has 0 fully saturated rings. The van der Waals surface area contributed by atoms with Crippen LogP contribution in [-0.4, -0.2) is 18.5 Å². The molecule has 2 aromatic rings. The van der Waals surface area contributed by atoms with E-state index >= 15 is 0 Å². The van der Waals surface area contributed by atoms with Gasteiger partial charge in [-0.05, 0) is 26.7 Å². The van der Waals surface area contributed by atoms with Crippen molar-refractivity contribution >= 4 is 22.7 Å². The Morgan fingerprint density at radius 1 is 1.00 bits per heavy atom. The smallest absolute Gasteiger partial charge is 0.338 e. The van der Waals surface area contributed by atoms with Crippen LogP contribution in [0.25, 0.3) is 10.8 Å². The van der Waals surface area contributed by atoms with E-state index in [1.807, 2.05) is 43.3 Å². The lowest BCUT2D eigenvalue weighted by Crippen LogP contribution is -2.18. The van der Waals surface area contributed by atoms with Crippen LogP contribution in [0.4, 0.5) is 0 Å².